The van der Waals surface area contributed by atoms with Crippen molar-refractivity contribution in [1.82, 2.24) is 4.90 Å². The van der Waals surface area contributed by atoms with Gasteiger partial charge in [0.15, 0.2) is 0 Å². The third-order valence-corrected chi connectivity index (χ3v) is 5.19. The summed E-state index contributed by atoms with van der Waals surface area (Å²) in [7, 11) is 0. The normalized spacial score (nSPS) is 16.0. The molecular weight excluding hydrogens is 364 g/mol. The minimum Gasteiger partial charge on any atom is -0.368 e. The molecule has 1 aliphatic heterocycles. The summed E-state index contributed by atoms with van der Waals surface area (Å²) >= 11 is 6.28. The molecule has 1 fully saturated rings. The van der Waals surface area contributed by atoms with Crippen LogP contribution in [0.1, 0.15) is 17.3 Å². The van der Waals surface area contributed by atoms with Gasteiger partial charge in [0, 0.05) is 37.4 Å². The van der Waals surface area contributed by atoms with Gasteiger partial charge in [0.1, 0.15) is 0 Å². The van der Waals surface area contributed by atoms with Gasteiger partial charge >= 0.3 is 0 Å². The van der Waals surface area contributed by atoms with Crippen LogP contribution < -0.4 is 16.0 Å². The summed E-state index contributed by atoms with van der Waals surface area (Å²) in [6.07, 6.45) is 0. The predicted molar refractivity (Wildman–Crippen MR) is 108 cm³/mol. The molecule has 0 radical (unpaired) electrons. The molecule has 0 aromatic heterocycles. The van der Waals surface area contributed by atoms with Crippen LogP contribution in [-0.4, -0.2) is 48.9 Å². The summed E-state index contributed by atoms with van der Waals surface area (Å²) in [6.45, 7) is 5.09. The van der Waals surface area contributed by atoms with E-state index < -0.39 is 5.91 Å². The molecular formula is C20H23ClN4O2. The summed E-state index contributed by atoms with van der Waals surface area (Å²) in [6, 6.07) is 14.1. The fourth-order valence-electron chi connectivity index (χ4n) is 3.19. The molecule has 142 valence electrons. The van der Waals surface area contributed by atoms with Gasteiger partial charge in [-0.25, -0.2) is 0 Å². The van der Waals surface area contributed by atoms with Crippen molar-refractivity contribution >= 4 is 34.8 Å². The monoisotopic (exact) mass is 386 g/mol. The number of carbonyl (C=O) groups is 2. The van der Waals surface area contributed by atoms with Crippen molar-refractivity contribution < 1.29 is 9.59 Å². The quantitative estimate of drug-likeness (QED) is 0.827. The molecule has 27 heavy (non-hydrogen) atoms. The minimum absolute atomic E-state index is 0.0759. The zero-order chi connectivity index (χ0) is 19.4. The smallest absolute Gasteiger partial charge is 0.248 e. The highest BCUT2D eigenvalue weighted by Gasteiger charge is 2.26. The van der Waals surface area contributed by atoms with Crippen molar-refractivity contribution in [3.63, 3.8) is 0 Å². The van der Waals surface area contributed by atoms with Crippen molar-refractivity contribution in [1.29, 1.82) is 0 Å². The third kappa shape index (κ3) is 4.59. The molecule has 0 unspecified atom stereocenters. The van der Waals surface area contributed by atoms with E-state index in [-0.39, 0.29) is 11.9 Å². The first kappa shape index (κ1) is 19.2. The Morgan fingerprint density at radius 1 is 1.04 bits per heavy atom. The van der Waals surface area contributed by atoms with Crippen molar-refractivity contribution in [2.75, 3.05) is 36.4 Å². The van der Waals surface area contributed by atoms with Crippen molar-refractivity contribution in [2.24, 2.45) is 5.73 Å². The summed E-state index contributed by atoms with van der Waals surface area (Å²) in [4.78, 5) is 28.1. The number of anilines is 2. The molecule has 0 bridgehead atoms. The number of nitrogens with one attached hydrogen (secondary N) is 1. The van der Waals surface area contributed by atoms with E-state index in [2.05, 4.69) is 15.1 Å². The van der Waals surface area contributed by atoms with Crippen LogP contribution in [0.3, 0.4) is 0 Å². The molecule has 1 saturated heterocycles. The molecule has 2 aromatic rings. The minimum atomic E-state index is -0.488. The van der Waals surface area contributed by atoms with Gasteiger partial charge in [0.25, 0.3) is 0 Å². The second kappa shape index (κ2) is 8.41. The number of benzene rings is 2. The zero-order valence-electron chi connectivity index (χ0n) is 15.2. The van der Waals surface area contributed by atoms with Crippen LogP contribution in [-0.2, 0) is 4.79 Å². The fraction of sp³-hybridized carbons (Fsp3) is 0.300. The Morgan fingerprint density at radius 3 is 2.26 bits per heavy atom. The number of para-hydroxylation sites is 1. The second-order valence-electron chi connectivity index (χ2n) is 6.58. The number of halogens is 1. The Labute approximate surface area is 163 Å². The standard InChI is InChI=1S/C20H23ClN4O2/c1-14(20(27)23-16-8-6-15(7-9-16)19(22)26)24-10-12-25(13-11-24)18-5-3-2-4-17(18)21/h2-9,14H,10-13H2,1H3,(H2,22,26)(H,23,27)/t14-/m0/s1. The van der Waals surface area contributed by atoms with Gasteiger partial charge in [-0.15, -0.1) is 0 Å². The maximum Gasteiger partial charge on any atom is 0.248 e. The number of piperazine rings is 1. The number of hydrogen-bond donors (Lipinski definition) is 2. The van der Waals surface area contributed by atoms with Gasteiger partial charge in [-0.3, -0.25) is 14.5 Å². The number of rotatable bonds is 5. The number of nitrogens with two attached hydrogens (primary N) is 1. The zero-order valence-corrected chi connectivity index (χ0v) is 15.9. The van der Waals surface area contributed by atoms with Crippen LogP contribution in [0.5, 0.6) is 0 Å². The highest BCUT2D eigenvalue weighted by Crippen LogP contribution is 2.26. The Kier molecular flexibility index (Phi) is 5.98. The van der Waals surface area contributed by atoms with Crippen LogP contribution >= 0.6 is 11.6 Å². The van der Waals surface area contributed by atoms with Crippen LogP contribution in [0.15, 0.2) is 48.5 Å². The van der Waals surface area contributed by atoms with E-state index in [0.29, 0.717) is 11.3 Å². The SMILES string of the molecule is C[C@@H](C(=O)Nc1ccc(C(N)=O)cc1)N1CCN(c2ccccc2Cl)CC1. The largest absolute Gasteiger partial charge is 0.368 e. The summed E-state index contributed by atoms with van der Waals surface area (Å²) in [5, 5.41) is 3.64. The highest BCUT2D eigenvalue weighted by molar-refractivity contribution is 6.33. The Hall–Kier alpha value is -2.57. The lowest BCUT2D eigenvalue weighted by Crippen LogP contribution is -2.52. The van der Waals surface area contributed by atoms with E-state index in [1.165, 1.54) is 0 Å². The molecule has 2 aromatic carbocycles. The van der Waals surface area contributed by atoms with Gasteiger partial charge < -0.3 is 16.0 Å². The number of primary amides is 1. The van der Waals surface area contributed by atoms with Gasteiger partial charge in [-0.2, -0.15) is 0 Å². The lowest BCUT2D eigenvalue weighted by molar-refractivity contribution is -0.120. The number of nitrogens with zero attached hydrogens (tertiary/aromatic N) is 2. The Bertz CT molecular complexity index is 817. The predicted octanol–water partition coefficient (Wildman–Crippen LogP) is 2.59. The van der Waals surface area contributed by atoms with E-state index in [1.54, 1.807) is 24.3 Å². The second-order valence-corrected chi connectivity index (χ2v) is 6.99. The van der Waals surface area contributed by atoms with Gasteiger partial charge in [0.2, 0.25) is 11.8 Å². The molecule has 1 atom stereocenters. The number of carbonyl (C=O) groups excluding carboxylic acids is 2. The molecule has 0 aliphatic carbocycles. The van der Waals surface area contributed by atoms with Crippen molar-refractivity contribution in [3.8, 4) is 0 Å². The van der Waals surface area contributed by atoms with Gasteiger partial charge in [0.05, 0.1) is 16.8 Å². The summed E-state index contributed by atoms with van der Waals surface area (Å²) < 4.78 is 0. The number of hydrogen-bond acceptors (Lipinski definition) is 4. The summed E-state index contributed by atoms with van der Waals surface area (Å²) in [5.41, 5.74) is 7.32. The molecule has 1 heterocycles. The first-order chi connectivity index (χ1) is 13.0. The van der Waals surface area contributed by atoms with Crippen molar-refractivity contribution in [3.05, 3.63) is 59.1 Å². The number of amides is 2. The molecule has 3 N–H and O–H groups in total. The van der Waals surface area contributed by atoms with Crippen LogP contribution in [0.25, 0.3) is 0 Å². The Balaban J connectivity index is 1.55. The molecule has 1 aliphatic rings. The van der Waals surface area contributed by atoms with E-state index >= 15 is 0 Å². The average Bonchev–Trinajstić information content (AvgIpc) is 2.68. The Morgan fingerprint density at radius 2 is 1.67 bits per heavy atom. The van der Waals surface area contributed by atoms with E-state index in [4.69, 9.17) is 17.3 Å². The van der Waals surface area contributed by atoms with Gasteiger partial charge in [-0.1, -0.05) is 23.7 Å². The molecule has 0 spiro atoms. The topological polar surface area (TPSA) is 78.7 Å². The maximum atomic E-state index is 12.6. The van der Waals surface area contributed by atoms with E-state index in [0.717, 1.165) is 36.9 Å². The molecule has 2 amide bonds. The molecule has 0 saturated carbocycles. The first-order valence-corrected chi connectivity index (χ1v) is 9.28. The lowest BCUT2D eigenvalue weighted by Gasteiger charge is -2.38. The third-order valence-electron chi connectivity index (χ3n) is 4.87. The van der Waals surface area contributed by atoms with Crippen LogP contribution in [0, 0.1) is 0 Å². The summed E-state index contributed by atoms with van der Waals surface area (Å²) in [5.74, 6) is -0.564. The average molecular weight is 387 g/mol. The highest BCUT2D eigenvalue weighted by atomic mass is 35.5. The van der Waals surface area contributed by atoms with E-state index in [9.17, 15) is 9.59 Å². The van der Waals surface area contributed by atoms with E-state index in [1.807, 2.05) is 31.2 Å². The van der Waals surface area contributed by atoms with Crippen LogP contribution in [0.4, 0.5) is 11.4 Å². The van der Waals surface area contributed by atoms with Gasteiger partial charge in [-0.05, 0) is 43.3 Å². The first-order valence-electron chi connectivity index (χ1n) is 8.90. The lowest BCUT2D eigenvalue weighted by atomic mass is 10.1. The fourth-order valence-corrected chi connectivity index (χ4v) is 3.44. The molecule has 6 nitrogen and oxygen atoms in total. The van der Waals surface area contributed by atoms with Crippen molar-refractivity contribution in [2.45, 2.75) is 13.0 Å². The van der Waals surface area contributed by atoms with Crippen LogP contribution in [0.2, 0.25) is 5.02 Å². The molecule has 7 heteroatoms. The maximum absolute atomic E-state index is 12.6. The molecule has 3 rings (SSSR count).